The van der Waals surface area contributed by atoms with E-state index < -0.39 is 0 Å². The van der Waals surface area contributed by atoms with Gasteiger partial charge in [-0.3, -0.25) is 0 Å². The maximum atomic E-state index is 12.4. The molecule has 2 unspecified atom stereocenters. The molecule has 2 atom stereocenters. The van der Waals surface area contributed by atoms with Crippen molar-refractivity contribution in [1.82, 2.24) is 10.6 Å². The minimum Gasteiger partial charge on any atom is -0.396 e. The van der Waals surface area contributed by atoms with E-state index in [0.717, 1.165) is 11.1 Å². The molecule has 5 nitrogen and oxygen atoms in total. The Bertz CT molecular complexity index is 708. The summed E-state index contributed by atoms with van der Waals surface area (Å²) in [6.07, 6.45) is 1.28. The number of benzene rings is 2. The lowest BCUT2D eigenvalue weighted by Crippen LogP contribution is -2.39. The minimum absolute atomic E-state index is 0.0915. The fourth-order valence-corrected chi connectivity index (χ4v) is 2.63. The molecule has 0 saturated heterocycles. The van der Waals surface area contributed by atoms with Crippen molar-refractivity contribution < 1.29 is 9.90 Å². The highest BCUT2D eigenvalue weighted by molar-refractivity contribution is 5.75. The van der Waals surface area contributed by atoms with E-state index in [2.05, 4.69) is 16.7 Å². The van der Waals surface area contributed by atoms with E-state index in [1.807, 2.05) is 49.4 Å². The average molecular weight is 337 g/mol. The number of carbonyl (C=O) groups excluding carboxylic acids is 1. The van der Waals surface area contributed by atoms with Gasteiger partial charge in [0.05, 0.1) is 23.7 Å². The van der Waals surface area contributed by atoms with Gasteiger partial charge in [0.2, 0.25) is 0 Å². The van der Waals surface area contributed by atoms with Crippen LogP contribution >= 0.6 is 0 Å². The third-order valence-corrected chi connectivity index (χ3v) is 4.05. The van der Waals surface area contributed by atoms with E-state index in [9.17, 15) is 4.79 Å². The number of nitrogens with one attached hydrogen (secondary N) is 2. The summed E-state index contributed by atoms with van der Waals surface area (Å²) < 4.78 is 0. The normalized spacial score (nSPS) is 12.7. The number of nitrogens with zero attached hydrogens (tertiary/aromatic N) is 1. The molecule has 2 rings (SSSR count). The topological polar surface area (TPSA) is 85.2 Å². The molecule has 25 heavy (non-hydrogen) atoms. The van der Waals surface area contributed by atoms with Crippen LogP contribution in [0.1, 0.15) is 48.5 Å². The second-order valence-electron chi connectivity index (χ2n) is 5.90. The molecule has 0 aliphatic rings. The summed E-state index contributed by atoms with van der Waals surface area (Å²) in [5, 5.41) is 23.8. The van der Waals surface area contributed by atoms with Gasteiger partial charge in [0, 0.05) is 6.61 Å². The Morgan fingerprint density at radius 2 is 1.76 bits per heavy atom. The Morgan fingerprint density at radius 1 is 1.08 bits per heavy atom. The maximum Gasteiger partial charge on any atom is 0.315 e. The molecule has 5 heteroatoms. The molecule has 130 valence electrons. The van der Waals surface area contributed by atoms with E-state index in [-0.39, 0.29) is 24.7 Å². The lowest BCUT2D eigenvalue weighted by molar-refractivity contribution is 0.230. The zero-order chi connectivity index (χ0) is 18.1. The lowest BCUT2D eigenvalue weighted by atomic mass is 10.0. The van der Waals surface area contributed by atoms with Crippen molar-refractivity contribution in [2.24, 2.45) is 0 Å². The molecular formula is C20H23N3O2. The summed E-state index contributed by atoms with van der Waals surface area (Å²) in [6, 6.07) is 18.4. The Balaban J connectivity index is 1.98. The second-order valence-corrected chi connectivity index (χ2v) is 5.90. The Morgan fingerprint density at radius 3 is 2.36 bits per heavy atom. The standard InChI is InChI=1S/C20H23N3O2/c1-15(17-11-9-16(14-21)10-12-17)22-20(25)23-19(8-5-13-24)18-6-3-2-4-7-18/h2-4,6-7,9-12,15,19,24H,5,8,13H2,1H3,(H2,22,23,25). The monoisotopic (exact) mass is 337 g/mol. The predicted molar refractivity (Wildman–Crippen MR) is 96.7 cm³/mol. The van der Waals surface area contributed by atoms with E-state index >= 15 is 0 Å². The minimum atomic E-state index is -0.261. The Kier molecular flexibility index (Phi) is 7.00. The van der Waals surface area contributed by atoms with Crippen molar-refractivity contribution in [3.05, 3.63) is 71.3 Å². The van der Waals surface area contributed by atoms with Gasteiger partial charge >= 0.3 is 6.03 Å². The lowest BCUT2D eigenvalue weighted by Gasteiger charge is -2.21. The summed E-state index contributed by atoms with van der Waals surface area (Å²) >= 11 is 0. The van der Waals surface area contributed by atoms with Crippen molar-refractivity contribution >= 4 is 6.03 Å². The van der Waals surface area contributed by atoms with Crippen molar-refractivity contribution in [1.29, 1.82) is 5.26 Å². The molecule has 2 aromatic carbocycles. The molecular weight excluding hydrogens is 314 g/mol. The Labute approximate surface area is 148 Å². The number of amides is 2. The zero-order valence-electron chi connectivity index (χ0n) is 14.3. The van der Waals surface area contributed by atoms with Crippen LogP contribution in [-0.2, 0) is 0 Å². The molecule has 0 radical (unpaired) electrons. The first-order chi connectivity index (χ1) is 12.1. The maximum absolute atomic E-state index is 12.4. The van der Waals surface area contributed by atoms with Crippen LogP contribution < -0.4 is 10.6 Å². The quantitative estimate of drug-likeness (QED) is 0.723. The number of hydrogen-bond donors (Lipinski definition) is 3. The summed E-state index contributed by atoms with van der Waals surface area (Å²) in [4.78, 5) is 12.4. The van der Waals surface area contributed by atoms with Gasteiger partial charge in [-0.25, -0.2) is 4.79 Å². The third kappa shape index (κ3) is 5.63. The molecule has 0 saturated carbocycles. The van der Waals surface area contributed by atoms with Crippen molar-refractivity contribution in [2.45, 2.75) is 31.8 Å². The first kappa shape index (κ1) is 18.5. The fourth-order valence-electron chi connectivity index (χ4n) is 2.63. The average Bonchev–Trinajstić information content (AvgIpc) is 2.65. The van der Waals surface area contributed by atoms with E-state index in [0.29, 0.717) is 18.4 Å². The van der Waals surface area contributed by atoms with Crippen LogP contribution in [-0.4, -0.2) is 17.7 Å². The van der Waals surface area contributed by atoms with Gasteiger partial charge in [0.1, 0.15) is 0 Å². The fraction of sp³-hybridized carbons (Fsp3) is 0.300. The van der Waals surface area contributed by atoms with E-state index in [1.54, 1.807) is 12.1 Å². The molecule has 2 aromatic rings. The molecule has 0 heterocycles. The first-order valence-electron chi connectivity index (χ1n) is 8.37. The van der Waals surface area contributed by atoms with Gasteiger partial charge in [-0.05, 0) is 43.0 Å². The van der Waals surface area contributed by atoms with Gasteiger partial charge in [-0.1, -0.05) is 42.5 Å². The van der Waals surface area contributed by atoms with E-state index in [1.165, 1.54) is 0 Å². The van der Waals surface area contributed by atoms with Gasteiger partial charge in [0.25, 0.3) is 0 Å². The number of aliphatic hydroxyl groups excluding tert-OH is 1. The Hall–Kier alpha value is -2.84. The molecule has 2 amide bonds. The van der Waals surface area contributed by atoms with Crippen LogP contribution in [0.4, 0.5) is 4.79 Å². The van der Waals surface area contributed by atoms with Crippen molar-refractivity contribution in [3.8, 4) is 6.07 Å². The van der Waals surface area contributed by atoms with Crippen LogP contribution in [0.25, 0.3) is 0 Å². The molecule has 3 N–H and O–H groups in total. The zero-order valence-corrected chi connectivity index (χ0v) is 14.3. The summed E-state index contributed by atoms with van der Waals surface area (Å²) in [6.45, 7) is 1.99. The molecule has 0 fully saturated rings. The van der Waals surface area contributed by atoms with Crippen LogP contribution in [0.5, 0.6) is 0 Å². The van der Waals surface area contributed by atoms with E-state index in [4.69, 9.17) is 10.4 Å². The van der Waals surface area contributed by atoms with Gasteiger partial charge in [-0.15, -0.1) is 0 Å². The number of nitriles is 1. The van der Waals surface area contributed by atoms with Gasteiger partial charge < -0.3 is 15.7 Å². The predicted octanol–water partition coefficient (Wildman–Crippen LogP) is 3.43. The summed E-state index contributed by atoms with van der Waals surface area (Å²) in [5.41, 5.74) is 2.53. The molecule has 0 aromatic heterocycles. The third-order valence-electron chi connectivity index (χ3n) is 4.05. The van der Waals surface area contributed by atoms with Crippen LogP contribution in [0.2, 0.25) is 0 Å². The van der Waals surface area contributed by atoms with Crippen molar-refractivity contribution in [2.75, 3.05) is 6.61 Å². The van der Waals surface area contributed by atoms with Crippen molar-refractivity contribution in [3.63, 3.8) is 0 Å². The number of rotatable bonds is 7. The highest BCUT2D eigenvalue weighted by atomic mass is 16.3. The summed E-state index contributed by atoms with van der Waals surface area (Å²) in [5.74, 6) is 0. The van der Waals surface area contributed by atoms with Gasteiger partial charge in [0.15, 0.2) is 0 Å². The number of hydrogen-bond acceptors (Lipinski definition) is 3. The molecule has 0 bridgehead atoms. The molecule has 0 aliphatic carbocycles. The first-order valence-corrected chi connectivity index (χ1v) is 8.37. The smallest absolute Gasteiger partial charge is 0.315 e. The number of carbonyl (C=O) groups is 1. The van der Waals surface area contributed by atoms with Gasteiger partial charge in [-0.2, -0.15) is 5.26 Å². The second kappa shape index (κ2) is 9.45. The SMILES string of the molecule is CC(NC(=O)NC(CCCO)c1ccccc1)c1ccc(C#N)cc1. The largest absolute Gasteiger partial charge is 0.396 e. The number of urea groups is 1. The van der Waals surface area contributed by atoms with Crippen LogP contribution in [0.15, 0.2) is 54.6 Å². The highest BCUT2D eigenvalue weighted by Gasteiger charge is 2.16. The van der Waals surface area contributed by atoms with Crippen LogP contribution in [0.3, 0.4) is 0 Å². The van der Waals surface area contributed by atoms with Crippen LogP contribution in [0, 0.1) is 11.3 Å². The molecule has 0 spiro atoms. The summed E-state index contributed by atoms with van der Waals surface area (Å²) in [7, 11) is 0. The number of aliphatic hydroxyl groups is 1. The highest BCUT2D eigenvalue weighted by Crippen LogP contribution is 2.19. The molecule has 0 aliphatic heterocycles.